The van der Waals surface area contributed by atoms with Crippen LogP contribution >= 0.6 is 0 Å². The van der Waals surface area contributed by atoms with Gasteiger partial charge in [-0.3, -0.25) is 0 Å². The highest BCUT2D eigenvalue weighted by atomic mass is 16.5. The van der Waals surface area contributed by atoms with Gasteiger partial charge in [-0.2, -0.15) is 0 Å². The van der Waals surface area contributed by atoms with Gasteiger partial charge in [0.05, 0.1) is 17.7 Å². The molecule has 0 aromatic rings. The van der Waals surface area contributed by atoms with E-state index in [1.54, 1.807) is 0 Å². The van der Waals surface area contributed by atoms with E-state index in [1.165, 1.54) is 0 Å². The van der Waals surface area contributed by atoms with Crippen molar-refractivity contribution in [1.29, 1.82) is 0 Å². The number of amides is 1. The molecule has 0 aromatic heterocycles. The molecule has 0 aromatic carbocycles. The molecule has 2 aliphatic heterocycles. The summed E-state index contributed by atoms with van der Waals surface area (Å²) >= 11 is 0. The molecule has 0 atom stereocenters. The number of carbonyl (C=O) groups is 1. The zero-order valence-electron chi connectivity index (χ0n) is 6.39. The summed E-state index contributed by atoms with van der Waals surface area (Å²) in [4.78, 5) is 10.3. The van der Waals surface area contributed by atoms with Crippen molar-refractivity contribution >= 4 is 6.09 Å². The van der Waals surface area contributed by atoms with Crippen LogP contribution in [0, 0.1) is 0 Å². The fraction of sp³-hybridized carbons (Fsp3) is 0.857. The lowest BCUT2D eigenvalue weighted by molar-refractivity contribution is 0.0130. The maximum absolute atomic E-state index is 10.3. The third kappa shape index (κ3) is 0.894. The maximum atomic E-state index is 10.3. The van der Waals surface area contributed by atoms with E-state index in [-0.39, 0.29) is 11.1 Å². The molecule has 2 bridgehead atoms. The Hall–Kier alpha value is -0.770. The van der Waals surface area contributed by atoms with Crippen LogP contribution in [0.3, 0.4) is 0 Å². The number of hydrogen-bond acceptors (Lipinski definition) is 2. The predicted octanol–water partition coefficient (Wildman–Crippen LogP) is 0.576. The van der Waals surface area contributed by atoms with E-state index in [0.717, 1.165) is 12.8 Å². The van der Waals surface area contributed by atoms with Gasteiger partial charge in [0.25, 0.3) is 0 Å². The maximum Gasteiger partial charge on any atom is 0.405 e. The lowest BCUT2D eigenvalue weighted by Gasteiger charge is -2.41. The Balaban J connectivity index is 2.02. The summed E-state index contributed by atoms with van der Waals surface area (Å²) in [5, 5.41) is 11.0. The van der Waals surface area contributed by atoms with Crippen molar-refractivity contribution in [2.75, 3.05) is 6.61 Å². The highest BCUT2D eigenvalue weighted by Crippen LogP contribution is 2.50. The number of ether oxygens (including phenoxy) is 1. The van der Waals surface area contributed by atoms with Crippen molar-refractivity contribution in [3.05, 3.63) is 0 Å². The summed E-state index contributed by atoms with van der Waals surface area (Å²) in [5.41, 5.74) is -0.289. The minimum Gasteiger partial charge on any atom is -0.465 e. The molecule has 0 radical (unpaired) electrons. The molecule has 0 spiro atoms. The van der Waals surface area contributed by atoms with Gasteiger partial charge in [0.15, 0.2) is 0 Å². The predicted molar refractivity (Wildman–Crippen MR) is 37.5 cm³/mol. The fourth-order valence-corrected chi connectivity index (χ4v) is 2.25. The topological polar surface area (TPSA) is 58.6 Å². The molecule has 3 aliphatic rings. The van der Waals surface area contributed by atoms with E-state index in [1.807, 2.05) is 6.92 Å². The summed E-state index contributed by atoms with van der Waals surface area (Å²) in [6, 6.07) is 0. The number of hydrogen-bond donors (Lipinski definition) is 2. The largest absolute Gasteiger partial charge is 0.465 e. The Bertz CT molecular complexity index is 208. The van der Waals surface area contributed by atoms with Gasteiger partial charge in [-0.25, -0.2) is 4.79 Å². The molecule has 2 saturated heterocycles. The third-order valence-corrected chi connectivity index (χ3v) is 2.49. The zero-order chi connectivity index (χ0) is 8.11. The van der Waals surface area contributed by atoms with Crippen molar-refractivity contribution in [3.8, 4) is 0 Å². The van der Waals surface area contributed by atoms with Gasteiger partial charge in [0, 0.05) is 12.8 Å². The second-order valence-electron chi connectivity index (χ2n) is 3.80. The van der Waals surface area contributed by atoms with Gasteiger partial charge >= 0.3 is 6.09 Å². The highest BCUT2D eigenvalue weighted by molar-refractivity contribution is 5.66. The standard InChI is InChI=1S/C7H11NO3/c1-6-2-7(3-6,4-11-6)8-5(9)10/h8H,2-4H2,1H3,(H,9,10). The highest BCUT2D eigenvalue weighted by Gasteiger charge is 2.60. The van der Waals surface area contributed by atoms with Crippen molar-refractivity contribution in [2.45, 2.75) is 30.9 Å². The van der Waals surface area contributed by atoms with E-state index in [0.29, 0.717) is 6.61 Å². The summed E-state index contributed by atoms with van der Waals surface area (Å²) in [7, 11) is 0. The molecule has 4 nitrogen and oxygen atoms in total. The summed E-state index contributed by atoms with van der Waals surface area (Å²) in [5.74, 6) is 0. The fourth-order valence-electron chi connectivity index (χ4n) is 2.25. The van der Waals surface area contributed by atoms with Gasteiger partial charge in [-0.05, 0) is 6.92 Å². The smallest absolute Gasteiger partial charge is 0.405 e. The number of nitrogens with one attached hydrogen (secondary N) is 1. The van der Waals surface area contributed by atoms with Crippen LogP contribution < -0.4 is 5.32 Å². The van der Waals surface area contributed by atoms with E-state index in [4.69, 9.17) is 9.84 Å². The molecule has 1 aliphatic carbocycles. The summed E-state index contributed by atoms with van der Waals surface area (Å²) < 4.78 is 5.39. The molecular formula is C7H11NO3. The SMILES string of the molecule is CC12CC(NC(=O)O)(CO1)C2. The quantitative estimate of drug-likeness (QED) is 0.585. The lowest BCUT2D eigenvalue weighted by atomic mass is 9.69. The molecule has 1 amide bonds. The minimum absolute atomic E-state index is 0.0392. The van der Waals surface area contributed by atoms with E-state index >= 15 is 0 Å². The Morgan fingerprint density at radius 2 is 2.27 bits per heavy atom. The Kier molecular flexibility index (Phi) is 1.06. The first-order valence-corrected chi connectivity index (χ1v) is 3.69. The first-order chi connectivity index (χ1) is 5.04. The van der Waals surface area contributed by atoms with E-state index in [2.05, 4.69) is 5.32 Å². The van der Waals surface area contributed by atoms with Gasteiger partial charge in [0.1, 0.15) is 0 Å². The number of rotatable bonds is 1. The minimum atomic E-state index is -0.947. The van der Waals surface area contributed by atoms with Crippen LogP contribution in [-0.2, 0) is 4.74 Å². The van der Waals surface area contributed by atoms with Crippen LogP contribution in [0.25, 0.3) is 0 Å². The second-order valence-corrected chi connectivity index (χ2v) is 3.80. The van der Waals surface area contributed by atoms with Crippen molar-refractivity contribution < 1.29 is 14.6 Å². The van der Waals surface area contributed by atoms with Crippen LogP contribution in [0.4, 0.5) is 4.79 Å². The monoisotopic (exact) mass is 157 g/mol. The van der Waals surface area contributed by atoms with Crippen molar-refractivity contribution in [3.63, 3.8) is 0 Å². The van der Waals surface area contributed by atoms with E-state index < -0.39 is 6.09 Å². The van der Waals surface area contributed by atoms with Gasteiger partial charge in [-0.1, -0.05) is 0 Å². The molecular weight excluding hydrogens is 146 g/mol. The summed E-state index contributed by atoms with van der Waals surface area (Å²) in [6.07, 6.45) is 0.705. The number of carboxylic acid groups (broad SMARTS) is 1. The average molecular weight is 157 g/mol. The molecule has 0 unspecified atom stereocenters. The third-order valence-electron chi connectivity index (χ3n) is 2.49. The Labute approximate surface area is 64.5 Å². The first-order valence-electron chi connectivity index (χ1n) is 3.69. The van der Waals surface area contributed by atoms with Gasteiger partial charge in [0.2, 0.25) is 0 Å². The van der Waals surface area contributed by atoms with Crippen LogP contribution in [0.5, 0.6) is 0 Å². The van der Waals surface area contributed by atoms with E-state index in [9.17, 15) is 4.79 Å². The van der Waals surface area contributed by atoms with Crippen LogP contribution in [0.15, 0.2) is 0 Å². The Morgan fingerprint density at radius 1 is 1.64 bits per heavy atom. The van der Waals surface area contributed by atoms with Crippen molar-refractivity contribution in [2.24, 2.45) is 0 Å². The van der Waals surface area contributed by atoms with Gasteiger partial charge in [-0.15, -0.1) is 0 Å². The molecule has 11 heavy (non-hydrogen) atoms. The lowest BCUT2D eigenvalue weighted by Crippen LogP contribution is -2.58. The Morgan fingerprint density at radius 3 is 2.64 bits per heavy atom. The van der Waals surface area contributed by atoms with Crippen LogP contribution in [-0.4, -0.2) is 28.9 Å². The molecule has 2 heterocycles. The van der Waals surface area contributed by atoms with Crippen molar-refractivity contribution in [1.82, 2.24) is 5.32 Å². The average Bonchev–Trinajstić information content (AvgIpc) is 2.17. The molecule has 4 heteroatoms. The zero-order valence-corrected chi connectivity index (χ0v) is 6.39. The molecule has 2 N–H and O–H groups in total. The van der Waals surface area contributed by atoms with Crippen LogP contribution in [0.2, 0.25) is 0 Å². The summed E-state index contributed by atoms with van der Waals surface area (Å²) in [6.45, 7) is 2.55. The second kappa shape index (κ2) is 1.69. The molecule has 3 rings (SSSR count). The first kappa shape index (κ1) is 6.91. The normalized spacial score (nSPS) is 46.6. The van der Waals surface area contributed by atoms with Gasteiger partial charge < -0.3 is 15.2 Å². The molecule has 1 saturated carbocycles. The number of fused-ring (bicyclic) bond motifs is 1. The molecule has 3 fully saturated rings. The van der Waals surface area contributed by atoms with Crippen LogP contribution in [0.1, 0.15) is 19.8 Å². The molecule has 62 valence electrons.